The molecule has 0 radical (unpaired) electrons. The van der Waals surface area contributed by atoms with Crippen molar-refractivity contribution in [1.29, 1.82) is 0 Å². The first-order valence-corrected chi connectivity index (χ1v) is 3.29. The molecule has 42 valence electrons. The minimum atomic E-state index is 1.23. The molecule has 1 aliphatic rings. The van der Waals surface area contributed by atoms with Gasteiger partial charge in [-0.2, -0.15) is 0 Å². The Labute approximate surface area is 53.2 Å². The van der Waals surface area contributed by atoms with Crippen LogP contribution in [0.1, 0.15) is 6.92 Å². The lowest BCUT2D eigenvalue weighted by Crippen LogP contribution is -1.56. The summed E-state index contributed by atoms with van der Waals surface area (Å²) < 4.78 is 0. The molecule has 0 bridgehead atoms. The molecule has 0 fully saturated rings. The van der Waals surface area contributed by atoms with Gasteiger partial charge in [0.2, 0.25) is 0 Å². The predicted molar refractivity (Wildman–Crippen MR) is 39.0 cm³/mol. The molecular formula is C6H7NS. The molecule has 0 saturated carbocycles. The van der Waals surface area contributed by atoms with Gasteiger partial charge in [-0.05, 0) is 18.4 Å². The number of hydrogen-bond donors (Lipinski definition) is 0. The summed E-state index contributed by atoms with van der Waals surface area (Å²) in [6.45, 7) is 2.04. The van der Waals surface area contributed by atoms with Crippen molar-refractivity contribution in [2.75, 3.05) is 0 Å². The van der Waals surface area contributed by atoms with Crippen LogP contribution in [0.5, 0.6) is 0 Å². The number of rotatable bonds is 0. The molecule has 0 N–H and O–H groups in total. The average molecular weight is 125 g/mol. The quantitative estimate of drug-likeness (QED) is 0.483. The van der Waals surface area contributed by atoms with E-state index in [0.29, 0.717) is 0 Å². The molecule has 1 heterocycles. The van der Waals surface area contributed by atoms with Gasteiger partial charge >= 0.3 is 0 Å². The zero-order chi connectivity index (χ0) is 5.82. The highest BCUT2D eigenvalue weighted by molar-refractivity contribution is 8.05. The van der Waals surface area contributed by atoms with Crippen LogP contribution in [-0.2, 0) is 0 Å². The summed E-state index contributed by atoms with van der Waals surface area (Å²) in [6, 6.07) is 0. The van der Waals surface area contributed by atoms with Gasteiger partial charge in [0.05, 0.1) is 0 Å². The molecule has 1 rings (SSSR count). The zero-order valence-corrected chi connectivity index (χ0v) is 5.48. The van der Waals surface area contributed by atoms with E-state index in [4.69, 9.17) is 0 Å². The van der Waals surface area contributed by atoms with Crippen LogP contribution in [0.4, 0.5) is 0 Å². The lowest BCUT2D eigenvalue weighted by atomic mass is 10.7. The van der Waals surface area contributed by atoms with Crippen molar-refractivity contribution in [2.24, 2.45) is 4.99 Å². The van der Waals surface area contributed by atoms with Crippen LogP contribution in [0.2, 0.25) is 0 Å². The van der Waals surface area contributed by atoms with Crippen LogP contribution in [-0.4, -0.2) is 6.21 Å². The second-order valence-electron chi connectivity index (χ2n) is 1.48. The third-order valence-electron chi connectivity index (χ3n) is 0.761. The van der Waals surface area contributed by atoms with Crippen molar-refractivity contribution in [2.45, 2.75) is 6.92 Å². The SMILES string of the molecule is CC1=CN=CC=CS1. The van der Waals surface area contributed by atoms with E-state index in [0.717, 1.165) is 0 Å². The van der Waals surface area contributed by atoms with Crippen LogP contribution < -0.4 is 0 Å². The Balaban J connectivity index is 2.69. The van der Waals surface area contributed by atoms with Crippen molar-refractivity contribution in [1.82, 2.24) is 0 Å². The summed E-state index contributed by atoms with van der Waals surface area (Å²) in [6.07, 6.45) is 5.56. The van der Waals surface area contributed by atoms with Crippen molar-refractivity contribution >= 4 is 18.0 Å². The fourth-order valence-corrected chi connectivity index (χ4v) is 0.895. The van der Waals surface area contributed by atoms with E-state index < -0.39 is 0 Å². The maximum atomic E-state index is 3.96. The largest absolute Gasteiger partial charge is 0.264 e. The summed E-state index contributed by atoms with van der Waals surface area (Å²) in [4.78, 5) is 5.19. The summed E-state index contributed by atoms with van der Waals surface area (Å²) in [5.41, 5.74) is 0. The molecule has 0 spiro atoms. The molecule has 0 aliphatic carbocycles. The molecule has 0 aromatic heterocycles. The minimum absolute atomic E-state index is 1.23. The first-order chi connectivity index (χ1) is 3.89. The van der Waals surface area contributed by atoms with Gasteiger partial charge in [0.15, 0.2) is 0 Å². The molecule has 0 unspecified atom stereocenters. The summed E-state index contributed by atoms with van der Waals surface area (Å²) >= 11 is 1.69. The maximum absolute atomic E-state index is 3.96. The van der Waals surface area contributed by atoms with E-state index in [-0.39, 0.29) is 0 Å². The van der Waals surface area contributed by atoms with Gasteiger partial charge in [-0.3, -0.25) is 4.99 Å². The summed E-state index contributed by atoms with van der Waals surface area (Å²) in [5.74, 6) is 0. The highest BCUT2D eigenvalue weighted by Gasteiger charge is 1.84. The van der Waals surface area contributed by atoms with Crippen molar-refractivity contribution < 1.29 is 0 Å². The molecule has 0 atom stereocenters. The number of hydrogen-bond acceptors (Lipinski definition) is 2. The second-order valence-corrected chi connectivity index (χ2v) is 2.64. The molecule has 0 aromatic carbocycles. The molecule has 1 aliphatic heterocycles. The van der Waals surface area contributed by atoms with Crippen LogP contribution in [0.15, 0.2) is 27.6 Å². The monoisotopic (exact) mass is 125 g/mol. The molecule has 0 saturated heterocycles. The highest BCUT2D eigenvalue weighted by Crippen LogP contribution is 2.16. The van der Waals surface area contributed by atoms with Gasteiger partial charge in [-0.25, -0.2) is 0 Å². The Bertz CT molecular complexity index is 156. The van der Waals surface area contributed by atoms with Crippen molar-refractivity contribution in [3.63, 3.8) is 0 Å². The topological polar surface area (TPSA) is 12.4 Å². The van der Waals surface area contributed by atoms with E-state index in [1.54, 1.807) is 18.0 Å². The fourth-order valence-electron chi connectivity index (χ4n) is 0.410. The van der Waals surface area contributed by atoms with Crippen LogP contribution in [0.25, 0.3) is 0 Å². The lowest BCUT2D eigenvalue weighted by molar-refractivity contribution is 1.53. The van der Waals surface area contributed by atoms with Gasteiger partial charge in [0.25, 0.3) is 0 Å². The fraction of sp³-hybridized carbons (Fsp3) is 0.167. The second kappa shape index (κ2) is 2.72. The smallest absolute Gasteiger partial charge is 0.0363 e. The van der Waals surface area contributed by atoms with E-state index >= 15 is 0 Å². The van der Waals surface area contributed by atoms with Crippen LogP contribution in [0, 0.1) is 0 Å². The van der Waals surface area contributed by atoms with E-state index in [1.807, 2.05) is 24.6 Å². The third kappa shape index (κ3) is 1.54. The first kappa shape index (κ1) is 5.63. The molecule has 1 nitrogen and oxygen atoms in total. The van der Waals surface area contributed by atoms with Gasteiger partial charge in [-0.15, -0.1) is 11.8 Å². The molecule has 8 heavy (non-hydrogen) atoms. The Morgan fingerprint density at radius 1 is 1.62 bits per heavy atom. The average Bonchev–Trinajstić information content (AvgIpc) is 1.94. The van der Waals surface area contributed by atoms with E-state index in [2.05, 4.69) is 4.99 Å². The van der Waals surface area contributed by atoms with Crippen LogP contribution in [0.3, 0.4) is 0 Å². The summed E-state index contributed by atoms with van der Waals surface area (Å²) in [5, 5.41) is 2.02. The summed E-state index contributed by atoms with van der Waals surface area (Å²) in [7, 11) is 0. The third-order valence-corrected chi connectivity index (χ3v) is 1.53. The molecular weight excluding hydrogens is 118 g/mol. The lowest BCUT2D eigenvalue weighted by Gasteiger charge is -1.85. The zero-order valence-electron chi connectivity index (χ0n) is 4.66. The van der Waals surface area contributed by atoms with E-state index in [9.17, 15) is 0 Å². The normalized spacial score (nSPS) is 17.9. The Hall–Kier alpha value is -0.500. The Kier molecular flexibility index (Phi) is 1.92. The van der Waals surface area contributed by atoms with Gasteiger partial charge in [0, 0.05) is 17.3 Å². The standard InChI is InChI=1S/C6H7NS/c1-6-5-7-3-2-4-8-6/h2-5H,1H3. The van der Waals surface area contributed by atoms with Gasteiger partial charge in [0.1, 0.15) is 0 Å². The molecule has 0 aromatic rings. The number of nitrogens with zero attached hydrogens (tertiary/aromatic N) is 1. The highest BCUT2D eigenvalue weighted by atomic mass is 32.2. The van der Waals surface area contributed by atoms with Crippen molar-refractivity contribution in [3.8, 4) is 0 Å². The maximum Gasteiger partial charge on any atom is 0.0363 e. The van der Waals surface area contributed by atoms with E-state index in [1.165, 1.54) is 4.91 Å². The first-order valence-electron chi connectivity index (χ1n) is 2.41. The Morgan fingerprint density at radius 3 is 3.38 bits per heavy atom. The minimum Gasteiger partial charge on any atom is -0.264 e. The number of allylic oxidation sites excluding steroid dienone is 2. The number of aliphatic imine (C=N–C) groups is 1. The number of thioether (sulfide) groups is 1. The Morgan fingerprint density at radius 2 is 2.50 bits per heavy atom. The van der Waals surface area contributed by atoms with Crippen LogP contribution >= 0.6 is 11.8 Å². The van der Waals surface area contributed by atoms with Gasteiger partial charge < -0.3 is 0 Å². The molecule has 2 heteroatoms. The molecule has 0 amide bonds. The van der Waals surface area contributed by atoms with Gasteiger partial charge in [-0.1, -0.05) is 0 Å². The predicted octanol–water partition coefficient (Wildman–Crippen LogP) is 2.18. The van der Waals surface area contributed by atoms with Crippen molar-refractivity contribution in [3.05, 3.63) is 22.6 Å².